The number of ether oxygens (including phenoxy) is 2. The Hall–Kier alpha value is -0.340. The van der Waals surface area contributed by atoms with Gasteiger partial charge in [0.1, 0.15) is 0 Å². The Bertz CT molecular complexity index is 200. The number of hydrogen-bond acceptors (Lipinski definition) is 2. The second kappa shape index (κ2) is 3.81. The first kappa shape index (κ1) is 9.22. The highest BCUT2D eigenvalue weighted by atomic mass is 16.7. The van der Waals surface area contributed by atoms with Crippen molar-refractivity contribution in [2.75, 3.05) is 7.11 Å². The molecular weight excluding hydrogens is 164 g/mol. The smallest absolute Gasteiger partial charge is 0.157 e. The van der Waals surface area contributed by atoms with Crippen LogP contribution in [0.25, 0.3) is 0 Å². The van der Waals surface area contributed by atoms with Crippen molar-refractivity contribution < 1.29 is 9.47 Å². The third-order valence-corrected chi connectivity index (χ3v) is 3.26. The van der Waals surface area contributed by atoms with Crippen LogP contribution in [0.2, 0.25) is 0 Å². The SMILES string of the molecule is C=C1CCC[C@@H]2O[C@@H](OC)CC[C@@H]12. The Balaban J connectivity index is 1.99. The molecule has 2 heteroatoms. The molecule has 1 heterocycles. The lowest BCUT2D eigenvalue weighted by Crippen LogP contribution is -2.38. The summed E-state index contributed by atoms with van der Waals surface area (Å²) < 4.78 is 11.1. The van der Waals surface area contributed by atoms with Gasteiger partial charge in [-0.3, -0.25) is 0 Å². The van der Waals surface area contributed by atoms with E-state index in [9.17, 15) is 0 Å². The van der Waals surface area contributed by atoms with Gasteiger partial charge in [-0.15, -0.1) is 0 Å². The first-order valence-electron chi connectivity index (χ1n) is 5.17. The first-order chi connectivity index (χ1) is 6.31. The van der Waals surface area contributed by atoms with Gasteiger partial charge in [0.2, 0.25) is 0 Å². The van der Waals surface area contributed by atoms with Crippen molar-refractivity contribution in [3.63, 3.8) is 0 Å². The fourth-order valence-corrected chi connectivity index (χ4v) is 2.48. The molecule has 1 saturated heterocycles. The number of hydrogen-bond donors (Lipinski definition) is 0. The van der Waals surface area contributed by atoms with Gasteiger partial charge in [-0.2, -0.15) is 0 Å². The predicted octanol–water partition coefficient (Wildman–Crippen LogP) is 2.49. The average Bonchev–Trinajstić information content (AvgIpc) is 2.18. The maximum absolute atomic E-state index is 5.83. The normalized spacial score (nSPS) is 40.1. The van der Waals surface area contributed by atoms with Crippen LogP contribution in [0.3, 0.4) is 0 Å². The molecule has 0 unspecified atom stereocenters. The van der Waals surface area contributed by atoms with Gasteiger partial charge < -0.3 is 9.47 Å². The highest BCUT2D eigenvalue weighted by molar-refractivity contribution is 5.08. The van der Waals surface area contributed by atoms with Crippen molar-refractivity contribution in [3.05, 3.63) is 12.2 Å². The van der Waals surface area contributed by atoms with Crippen LogP contribution in [0.1, 0.15) is 32.1 Å². The van der Waals surface area contributed by atoms with Gasteiger partial charge in [-0.1, -0.05) is 12.2 Å². The van der Waals surface area contributed by atoms with Crippen LogP contribution in [0, 0.1) is 5.92 Å². The Morgan fingerprint density at radius 1 is 1.38 bits per heavy atom. The molecule has 74 valence electrons. The van der Waals surface area contributed by atoms with E-state index in [1.54, 1.807) is 7.11 Å². The van der Waals surface area contributed by atoms with E-state index >= 15 is 0 Å². The summed E-state index contributed by atoms with van der Waals surface area (Å²) >= 11 is 0. The minimum Gasteiger partial charge on any atom is -0.356 e. The zero-order valence-corrected chi connectivity index (χ0v) is 8.29. The van der Waals surface area contributed by atoms with Gasteiger partial charge >= 0.3 is 0 Å². The Labute approximate surface area is 79.9 Å². The van der Waals surface area contributed by atoms with Crippen LogP contribution < -0.4 is 0 Å². The molecule has 1 saturated carbocycles. The summed E-state index contributed by atoms with van der Waals surface area (Å²) in [5, 5.41) is 0. The van der Waals surface area contributed by atoms with Gasteiger partial charge in [-0.25, -0.2) is 0 Å². The largest absolute Gasteiger partial charge is 0.356 e. The molecule has 2 rings (SSSR count). The highest BCUT2D eigenvalue weighted by Gasteiger charge is 2.34. The van der Waals surface area contributed by atoms with Gasteiger partial charge in [0.15, 0.2) is 6.29 Å². The van der Waals surface area contributed by atoms with E-state index in [4.69, 9.17) is 9.47 Å². The molecule has 0 aromatic heterocycles. The summed E-state index contributed by atoms with van der Waals surface area (Å²) in [7, 11) is 1.72. The summed E-state index contributed by atoms with van der Waals surface area (Å²) in [5.41, 5.74) is 1.39. The monoisotopic (exact) mass is 182 g/mol. The van der Waals surface area contributed by atoms with E-state index in [1.165, 1.54) is 31.3 Å². The molecule has 13 heavy (non-hydrogen) atoms. The molecule has 0 spiro atoms. The fraction of sp³-hybridized carbons (Fsp3) is 0.818. The average molecular weight is 182 g/mol. The van der Waals surface area contributed by atoms with Crippen molar-refractivity contribution in [1.82, 2.24) is 0 Å². The van der Waals surface area contributed by atoms with Gasteiger partial charge in [-0.05, 0) is 32.1 Å². The maximum Gasteiger partial charge on any atom is 0.157 e. The van der Waals surface area contributed by atoms with Gasteiger partial charge in [0.05, 0.1) is 6.10 Å². The lowest BCUT2D eigenvalue weighted by atomic mass is 9.78. The van der Waals surface area contributed by atoms with Crippen molar-refractivity contribution in [2.45, 2.75) is 44.5 Å². The quantitative estimate of drug-likeness (QED) is 0.580. The van der Waals surface area contributed by atoms with E-state index < -0.39 is 0 Å². The summed E-state index contributed by atoms with van der Waals surface area (Å²) in [6.07, 6.45) is 6.26. The topological polar surface area (TPSA) is 18.5 Å². The van der Waals surface area contributed by atoms with Crippen LogP contribution >= 0.6 is 0 Å². The van der Waals surface area contributed by atoms with Crippen molar-refractivity contribution in [2.24, 2.45) is 5.92 Å². The lowest BCUT2D eigenvalue weighted by molar-refractivity contribution is -0.197. The molecule has 2 fully saturated rings. The third kappa shape index (κ3) is 1.79. The predicted molar refractivity (Wildman–Crippen MR) is 51.4 cm³/mol. The van der Waals surface area contributed by atoms with Crippen molar-refractivity contribution in [3.8, 4) is 0 Å². The van der Waals surface area contributed by atoms with Crippen LogP contribution in [0.5, 0.6) is 0 Å². The van der Waals surface area contributed by atoms with Gasteiger partial charge in [0.25, 0.3) is 0 Å². The highest BCUT2D eigenvalue weighted by Crippen LogP contribution is 2.38. The molecular formula is C11H18O2. The molecule has 3 atom stereocenters. The summed E-state index contributed by atoms with van der Waals surface area (Å²) in [6, 6.07) is 0. The van der Waals surface area contributed by atoms with E-state index in [-0.39, 0.29) is 6.29 Å². The first-order valence-corrected chi connectivity index (χ1v) is 5.17. The molecule has 0 aromatic rings. The van der Waals surface area contributed by atoms with Crippen LogP contribution in [0.4, 0.5) is 0 Å². The number of fused-ring (bicyclic) bond motifs is 1. The van der Waals surface area contributed by atoms with Gasteiger partial charge in [0, 0.05) is 13.0 Å². The zero-order valence-electron chi connectivity index (χ0n) is 8.29. The minimum absolute atomic E-state index is 0.0344. The Morgan fingerprint density at radius 2 is 2.23 bits per heavy atom. The number of methoxy groups -OCH3 is 1. The van der Waals surface area contributed by atoms with Crippen LogP contribution in [-0.2, 0) is 9.47 Å². The molecule has 2 nitrogen and oxygen atoms in total. The molecule has 0 aromatic carbocycles. The second-order valence-corrected chi connectivity index (χ2v) is 4.07. The minimum atomic E-state index is 0.0344. The summed E-state index contributed by atoms with van der Waals surface area (Å²) in [6.45, 7) is 4.13. The molecule has 1 aliphatic heterocycles. The molecule has 0 radical (unpaired) electrons. The van der Waals surface area contributed by atoms with Crippen LogP contribution in [-0.4, -0.2) is 19.5 Å². The fourth-order valence-electron chi connectivity index (χ4n) is 2.48. The summed E-state index contributed by atoms with van der Waals surface area (Å²) in [4.78, 5) is 0. The van der Waals surface area contributed by atoms with E-state index in [0.29, 0.717) is 12.0 Å². The number of rotatable bonds is 1. The third-order valence-electron chi connectivity index (χ3n) is 3.26. The molecule has 2 aliphatic rings. The van der Waals surface area contributed by atoms with E-state index in [0.717, 1.165) is 6.42 Å². The maximum atomic E-state index is 5.83. The summed E-state index contributed by atoms with van der Waals surface area (Å²) in [5.74, 6) is 0.611. The Morgan fingerprint density at radius 3 is 3.00 bits per heavy atom. The molecule has 0 bridgehead atoms. The molecule has 1 aliphatic carbocycles. The molecule has 0 N–H and O–H groups in total. The van der Waals surface area contributed by atoms with Crippen molar-refractivity contribution in [1.29, 1.82) is 0 Å². The zero-order chi connectivity index (χ0) is 9.26. The lowest BCUT2D eigenvalue weighted by Gasteiger charge is -2.40. The van der Waals surface area contributed by atoms with E-state index in [1.807, 2.05) is 0 Å². The van der Waals surface area contributed by atoms with Crippen molar-refractivity contribution >= 4 is 0 Å². The van der Waals surface area contributed by atoms with E-state index in [2.05, 4.69) is 6.58 Å². The standard InChI is InChI=1S/C11H18O2/c1-8-4-3-5-10-9(8)6-7-11(12-2)13-10/h9-11H,1,3-7H2,2H3/t9-,10-,11+/m0/s1. The second-order valence-electron chi connectivity index (χ2n) is 4.07. The van der Waals surface area contributed by atoms with Crippen LogP contribution in [0.15, 0.2) is 12.2 Å². The molecule has 0 amide bonds. The Kier molecular flexibility index (Phi) is 2.70.